The lowest BCUT2D eigenvalue weighted by atomic mass is 9.99. The maximum absolute atomic E-state index is 6.06. The van der Waals surface area contributed by atoms with Crippen molar-refractivity contribution in [3.63, 3.8) is 0 Å². The first kappa shape index (κ1) is 15.6. The van der Waals surface area contributed by atoms with Gasteiger partial charge in [0.1, 0.15) is 11.5 Å². The Kier molecular flexibility index (Phi) is 5.38. The van der Waals surface area contributed by atoms with Gasteiger partial charge >= 0.3 is 0 Å². The quantitative estimate of drug-likeness (QED) is 0.634. The number of methoxy groups -OCH3 is 2. The van der Waals surface area contributed by atoms with Crippen molar-refractivity contribution in [2.24, 2.45) is 5.84 Å². The predicted octanol–water partition coefficient (Wildman–Crippen LogP) is 2.50. The monoisotopic (exact) mass is 307 g/mol. The first-order valence-electron chi connectivity index (χ1n) is 6.46. The lowest BCUT2D eigenvalue weighted by Gasteiger charge is -2.20. The Morgan fingerprint density at radius 1 is 1.24 bits per heavy atom. The van der Waals surface area contributed by atoms with Crippen molar-refractivity contribution >= 4 is 11.6 Å². The molecule has 0 radical (unpaired) electrons. The number of hydrazine groups is 1. The fraction of sp³-hybridized carbons (Fsp3) is 0.267. The van der Waals surface area contributed by atoms with Crippen LogP contribution in [-0.4, -0.2) is 19.2 Å². The number of nitrogens with two attached hydrogens (primary N) is 1. The lowest BCUT2D eigenvalue weighted by Crippen LogP contribution is -2.30. The number of nitrogens with one attached hydrogen (secondary N) is 1. The van der Waals surface area contributed by atoms with Gasteiger partial charge in [-0.3, -0.25) is 16.3 Å². The van der Waals surface area contributed by atoms with E-state index in [2.05, 4.69) is 10.4 Å². The van der Waals surface area contributed by atoms with E-state index in [0.717, 1.165) is 16.9 Å². The zero-order valence-electron chi connectivity index (χ0n) is 12.0. The van der Waals surface area contributed by atoms with Crippen LogP contribution in [-0.2, 0) is 6.42 Å². The number of aromatic nitrogens is 1. The molecule has 6 heteroatoms. The molecule has 0 saturated carbocycles. The second-order valence-electron chi connectivity index (χ2n) is 4.50. The summed E-state index contributed by atoms with van der Waals surface area (Å²) in [5, 5.41) is 0.656. The minimum absolute atomic E-state index is 0.143. The van der Waals surface area contributed by atoms with Crippen LogP contribution in [0.1, 0.15) is 17.2 Å². The third-order valence-electron chi connectivity index (χ3n) is 3.28. The summed E-state index contributed by atoms with van der Waals surface area (Å²) in [4.78, 5) is 4.05. The fourth-order valence-corrected chi connectivity index (χ4v) is 2.43. The molecule has 0 aliphatic heterocycles. The van der Waals surface area contributed by atoms with Gasteiger partial charge in [-0.1, -0.05) is 11.6 Å². The predicted molar refractivity (Wildman–Crippen MR) is 82.6 cm³/mol. The summed E-state index contributed by atoms with van der Waals surface area (Å²) >= 11 is 6.06. The Balaban J connectivity index is 2.33. The minimum Gasteiger partial charge on any atom is -0.496 e. The van der Waals surface area contributed by atoms with E-state index in [4.69, 9.17) is 26.9 Å². The maximum atomic E-state index is 6.06. The van der Waals surface area contributed by atoms with Crippen LogP contribution in [0.3, 0.4) is 0 Å². The molecule has 0 saturated heterocycles. The smallest absolute Gasteiger partial charge is 0.141 e. The van der Waals surface area contributed by atoms with E-state index in [1.807, 2.05) is 18.2 Å². The van der Waals surface area contributed by atoms with Crippen LogP contribution in [0.15, 0.2) is 36.7 Å². The number of pyridine rings is 1. The normalized spacial score (nSPS) is 12.0. The van der Waals surface area contributed by atoms with Gasteiger partial charge in [-0.15, -0.1) is 0 Å². The van der Waals surface area contributed by atoms with Crippen molar-refractivity contribution in [1.82, 2.24) is 10.4 Å². The molecule has 21 heavy (non-hydrogen) atoms. The first-order chi connectivity index (χ1) is 10.2. The van der Waals surface area contributed by atoms with Gasteiger partial charge in [-0.25, -0.2) is 0 Å². The lowest BCUT2D eigenvalue weighted by molar-refractivity contribution is 0.391. The van der Waals surface area contributed by atoms with E-state index in [1.165, 1.54) is 0 Å². The molecule has 0 fully saturated rings. The van der Waals surface area contributed by atoms with Gasteiger partial charge in [0.05, 0.1) is 26.5 Å². The molecule has 1 unspecified atom stereocenters. The van der Waals surface area contributed by atoms with E-state index in [1.54, 1.807) is 32.7 Å². The van der Waals surface area contributed by atoms with Gasteiger partial charge in [-0.05, 0) is 36.2 Å². The molecule has 0 aliphatic rings. The third kappa shape index (κ3) is 3.64. The van der Waals surface area contributed by atoms with Crippen LogP contribution in [0.4, 0.5) is 0 Å². The maximum Gasteiger partial charge on any atom is 0.141 e. The average molecular weight is 308 g/mol. The Labute approximate surface area is 129 Å². The van der Waals surface area contributed by atoms with Crippen LogP contribution >= 0.6 is 11.6 Å². The fourth-order valence-electron chi connectivity index (χ4n) is 2.23. The van der Waals surface area contributed by atoms with Crippen molar-refractivity contribution in [3.8, 4) is 11.5 Å². The van der Waals surface area contributed by atoms with Crippen molar-refractivity contribution in [2.45, 2.75) is 12.5 Å². The molecule has 2 aromatic rings. The Morgan fingerprint density at radius 3 is 2.67 bits per heavy atom. The third-order valence-corrected chi connectivity index (χ3v) is 3.51. The van der Waals surface area contributed by atoms with Crippen molar-refractivity contribution < 1.29 is 9.47 Å². The molecule has 112 valence electrons. The molecule has 1 heterocycles. The molecule has 3 N–H and O–H groups in total. The highest BCUT2D eigenvalue weighted by Gasteiger charge is 2.17. The number of rotatable bonds is 6. The van der Waals surface area contributed by atoms with E-state index in [9.17, 15) is 0 Å². The van der Waals surface area contributed by atoms with Gasteiger partial charge in [0.25, 0.3) is 0 Å². The first-order valence-corrected chi connectivity index (χ1v) is 6.83. The highest BCUT2D eigenvalue weighted by atomic mass is 35.5. The topological polar surface area (TPSA) is 69.4 Å². The molecule has 5 nitrogen and oxygen atoms in total. The summed E-state index contributed by atoms with van der Waals surface area (Å²) in [5.41, 5.74) is 4.70. The SMILES string of the molecule is COc1ccc(Cl)cc1CC(NN)c1ccncc1OC. The number of benzene rings is 1. The minimum atomic E-state index is -0.143. The second kappa shape index (κ2) is 7.26. The van der Waals surface area contributed by atoms with Gasteiger partial charge in [0, 0.05) is 16.8 Å². The summed E-state index contributed by atoms with van der Waals surface area (Å²) < 4.78 is 10.7. The average Bonchev–Trinajstić information content (AvgIpc) is 2.52. The highest BCUT2D eigenvalue weighted by Crippen LogP contribution is 2.30. The van der Waals surface area contributed by atoms with Crippen LogP contribution in [0.5, 0.6) is 11.5 Å². The zero-order chi connectivity index (χ0) is 15.2. The van der Waals surface area contributed by atoms with E-state index in [-0.39, 0.29) is 6.04 Å². The van der Waals surface area contributed by atoms with Gasteiger partial charge < -0.3 is 9.47 Å². The molecule has 2 rings (SSSR count). The van der Waals surface area contributed by atoms with E-state index in [0.29, 0.717) is 17.2 Å². The Morgan fingerprint density at radius 2 is 2.00 bits per heavy atom. The summed E-state index contributed by atoms with van der Waals surface area (Å²) in [6.07, 6.45) is 3.98. The van der Waals surface area contributed by atoms with Gasteiger partial charge in [0.15, 0.2) is 0 Å². The number of hydrogen-bond acceptors (Lipinski definition) is 5. The van der Waals surface area contributed by atoms with Crippen molar-refractivity contribution in [2.75, 3.05) is 14.2 Å². The number of hydrogen-bond donors (Lipinski definition) is 2. The largest absolute Gasteiger partial charge is 0.496 e. The number of nitrogens with zero attached hydrogens (tertiary/aromatic N) is 1. The Hall–Kier alpha value is -1.82. The van der Waals surface area contributed by atoms with Gasteiger partial charge in [0.2, 0.25) is 0 Å². The number of halogens is 1. The molecule has 1 atom stereocenters. The van der Waals surface area contributed by atoms with E-state index < -0.39 is 0 Å². The van der Waals surface area contributed by atoms with Crippen LogP contribution in [0.2, 0.25) is 5.02 Å². The Bertz CT molecular complexity index is 607. The van der Waals surface area contributed by atoms with E-state index >= 15 is 0 Å². The zero-order valence-corrected chi connectivity index (χ0v) is 12.7. The molecule has 0 bridgehead atoms. The standard InChI is InChI=1S/C15H18ClN3O2/c1-20-14-4-3-11(16)7-10(14)8-13(19-17)12-5-6-18-9-15(12)21-2/h3-7,9,13,19H,8,17H2,1-2H3. The van der Waals surface area contributed by atoms with Crippen LogP contribution < -0.4 is 20.7 Å². The summed E-state index contributed by atoms with van der Waals surface area (Å²) in [7, 11) is 3.23. The molecule has 0 amide bonds. The second-order valence-corrected chi connectivity index (χ2v) is 4.93. The molecule has 0 aliphatic carbocycles. The van der Waals surface area contributed by atoms with Crippen LogP contribution in [0.25, 0.3) is 0 Å². The molecular weight excluding hydrogens is 290 g/mol. The molecular formula is C15H18ClN3O2. The van der Waals surface area contributed by atoms with Crippen molar-refractivity contribution in [1.29, 1.82) is 0 Å². The van der Waals surface area contributed by atoms with Crippen molar-refractivity contribution in [3.05, 3.63) is 52.8 Å². The summed E-state index contributed by atoms with van der Waals surface area (Å²) in [6, 6.07) is 7.24. The highest BCUT2D eigenvalue weighted by molar-refractivity contribution is 6.30. The molecule has 0 spiro atoms. The molecule has 1 aromatic heterocycles. The number of ether oxygens (including phenoxy) is 2. The molecule has 1 aromatic carbocycles. The summed E-state index contributed by atoms with van der Waals surface area (Å²) in [5.74, 6) is 7.16. The van der Waals surface area contributed by atoms with Crippen LogP contribution in [0, 0.1) is 0 Å². The summed E-state index contributed by atoms with van der Waals surface area (Å²) in [6.45, 7) is 0. The van der Waals surface area contributed by atoms with Gasteiger partial charge in [-0.2, -0.15) is 0 Å².